The number of aryl methyl sites for hydroxylation is 3. The van der Waals surface area contributed by atoms with Crippen LogP contribution in [-0.4, -0.2) is 34.7 Å². The zero-order chi connectivity index (χ0) is 23.1. The van der Waals surface area contributed by atoms with Crippen molar-refractivity contribution in [2.45, 2.75) is 20.8 Å². The van der Waals surface area contributed by atoms with E-state index in [4.69, 9.17) is 5.26 Å². The van der Waals surface area contributed by atoms with Crippen LogP contribution in [0.25, 0.3) is 39.5 Å². The molecule has 33 heavy (non-hydrogen) atoms. The zero-order valence-corrected chi connectivity index (χ0v) is 18.1. The number of rotatable bonds is 3. The first-order valence-corrected chi connectivity index (χ1v) is 10.1. The fourth-order valence-corrected chi connectivity index (χ4v) is 3.46. The summed E-state index contributed by atoms with van der Waals surface area (Å²) in [5.74, 6) is -0.223. The van der Waals surface area contributed by atoms with E-state index >= 15 is 0 Å². The molecule has 0 bridgehead atoms. The molecule has 0 N–H and O–H groups in total. The second-order valence-corrected chi connectivity index (χ2v) is 7.60. The molecular weight excluding hydrogens is 419 g/mol. The van der Waals surface area contributed by atoms with Gasteiger partial charge in [-0.1, -0.05) is 0 Å². The predicted octanol–water partition coefficient (Wildman–Crippen LogP) is 4.27. The van der Waals surface area contributed by atoms with Gasteiger partial charge in [-0.05, 0) is 51.1 Å². The van der Waals surface area contributed by atoms with E-state index in [0.29, 0.717) is 33.9 Å². The molecule has 0 saturated heterocycles. The SMILES string of the molecule is Cc1cc(-n2cc(-c3nc(-c4ccc(C#N)cc4F)c4nc(C)c(C)nc4n3)cn2)ccn1. The molecule has 0 fully saturated rings. The van der Waals surface area contributed by atoms with Crippen molar-refractivity contribution in [3.8, 4) is 34.4 Å². The maximum Gasteiger partial charge on any atom is 0.182 e. The second kappa shape index (κ2) is 7.84. The van der Waals surface area contributed by atoms with Gasteiger partial charge in [0.1, 0.15) is 17.0 Å². The first-order valence-electron chi connectivity index (χ1n) is 10.1. The van der Waals surface area contributed by atoms with E-state index in [1.54, 1.807) is 29.3 Å². The number of hydrogen-bond acceptors (Lipinski definition) is 7. The van der Waals surface area contributed by atoms with Gasteiger partial charge in [-0.15, -0.1) is 0 Å². The van der Waals surface area contributed by atoms with E-state index in [9.17, 15) is 4.39 Å². The van der Waals surface area contributed by atoms with Gasteiger partial charge in [0.25, 0.3) is 0 Å². The lowest BCUT2D eigenvalue weighted by Gasteiger charge is -2.10. The molecule has 0 amide bonds. The highest BCUT2D eigenvalue weighted by molar-refractivity contribution is 5.88. The Kier molecular flexibility index (Phi) is 4.83. The first kappa shape index (κ1) is 20.3. The summed E-state index contributed by atoms with van der Waals surface area (Å²) in [5, 5.41) is 13.5. The summed E-state index contributed by atoms with van der Waals surface area (Å²) in [5.41, 5.74) is 5.28. The number of fused-ring (bicyclic) bond motifs is 1. The summed E-state index contributed by atoms with van der Waals surface area (Å²) in [6, 6.07) is 9.96. The van der Waals surface area contributed by atoms with E-state index in [1.807, 2.05) is 39.0 Å². The Morgan fingerprint density at radius 2 is 1.79 bits per heavy atom. The largest absolute Gasteiger partial charge is 0.261 e. The molecule has 8 nitrogen and oxygen atoms in total. The average molecular weight is 436 g/mol. The van der Waals surface area contributed by atoms with Crippen LogP contribution in [0.15, 0.2) is 48.9 Å². The Morgan fingerprint density at radius 1 is 0.970 bits per heavy atom. The van der Waals surface area contributed by atoms with Crippen molar-refractivity contribution in [2.24, 2.45) is 0 Å². The van der Waals surface area contributed by atoms with E-state index < -0.39 is 5.82 Å². The Balaban J connectivity index is 1.72. The molecular formula is C24H17FN8. The van der Waals surface area contributed by atoms with E-state index in [-0.39, 0.29) is 11.1 Å². The molecule has 4 aromatic heterocycles. The highest BCUT2D eigenvalue weighted by atomic mass is 19.1. The van der Waals surface area contributed by atoms with E-state index in [2.05, 4.69) is 30.0 Å². The van der Waals surface area contributed by atoms with Crippen molar-refractivity contribution < 1.29 is 4.39 Å². The number of pyridine rings is 1. The lowest BCUT2D eigenvalue weighted by molar-refractivity contribution is 0.630. The van der Waals surface area contributed by atoms with Crippen molar-refractivity contribution >= 4 is 11.2 Å². The van der Waals surface area contributed by atoms with Gasteiger partial charge in [-0.2, -0.15) is 10.4 Å². The van der Waals surface area contributed by atoms with Crippen molar-refractivity contribution in [3.63, 3.8) is 0 Å². The normalized spacial score (nSPS) is 11.0. The lowest BCUT2D eigenvalue weighted by Crippen LogP contribution is -2.02. The number of nitriles is 1. The molecule has 4 heterocycles. The molecule has 0 aliphatic rings. The molecule has 5 rings (SSSR count). The molecule has 0 radical (unpaired) electrons. The van der Waals surface area contributed by atoms with Gasteiger partial charge in [0, 0.05) is 23.7 Å². The van der Waals surface area contributed by atoms with Gasteiger partial charge >= 0.3 is 0 Å². The quantitative estimate of drug-likeness (QED) is 0.416. The summed E-state index contributed by atoms with van der Waals surface area (Å²) in [7, 11) is 0. The first-order chi connectivity index (χ1) is 15.9. The molecule has 0 unspecified atom stereocenters. The molecule has 9 heteroatoms. The van der Waals surface area contributed by atoms with Crippen LogP contribution in [0.2, 0.25) is 0 Å². The Morgan fingerprint density at radius 3 is 2.55 bits per heavy atom. The third-order valence-electron chi connectivity index (χ3n) is 5.28. The van der Waals surface area contributed by atoms with Crippen LogP contribution in [0.4, 0.5) is 4.39 Å². The molecule has 1 aromatic carbocycles. The molecule has 160 valence electrons. The number of nitrogens with zero attached hydrogens (tertiary/aromatic N) is 8. The number of aromatic nitrogens is 7. The maximum atomic E-state index is 14.9. The van der Waals surface area contributed by atoms with E-state index in [0.717, 1.165) is 17.1 Å². The topological polar surface area (TPSA) is 106 Å². The van der Waals surface area contributed by atoms with Crippen LogP contribution in [0, 0.1) is 37.9 Å². The standard InChI is InChI=1S/C24H17FN8/c1-13-8-18(6-7-27-13)33-12-17(11-28-33)23-31-21(19-5-4-16(10-26)9-20(19)25)22-24(32-23)30-15(3)14(2)29-22/h4-9,11-12H,1-3H3. The fourth-order valence-electron chi connectivity index (χ4n) is 3.46. The van der Waals surface area contributed by atoms with Crippen LogP contribution < -0.4 is 0 Å². The molecule has 0 spiro atoms. The third-order valence-corrected chi connectivity index (χ3v) is 5.28. The number of benzene rings is 1. The van der Waals surface area contributed by atoms with Gasteiger partial charge in [0.05, 0.1) is 40.5 Å². The minimum absolute atomic E-state index is 0.220. The van der Waals surface area contributed by atoms with Gasteiger partial charge in [-0.3, -0.25) is 4.98 Å². The summed E-state index contributed by atoms with van der Waals surface area (Å²) >= 11 is 0. The molecule has 0 saturated carbocycles. The fraction of sp³-hybridized carbons (Fsp3) is 0.125. The highest BCUT2D eigenvalue weighted by Crippen LogP contribution is 2.30. The van der Waals surface area contributed by atoms with Crippen molar-refractivity contribution in [3.05, 3.63) is 77.4 Å². The Labute approximate surface area is 188 Å². The lowest BCUT2D eigenvalue weighted by atomic mass is 10.1. The average Bonchev–Trinajstić information content (AvgIpc) is 3.30. The van der Waals surface area contributed by atoms with Crippen LogP contribution >= 0.6 is 0 Å². The Hall–Kier alpha value is -4.58. The van der Waals surface area contributed by atoms with Gasteiger partial charge < -0.3 is 0 Å². The predicted molar refractivity (Wildman–Crippen MR) is 120 cm³/mol. The van der Waals surface area contributed by atoms with Crippen molar-refractivity contribution in [1.82, 2.24) is 34.7 Å². The van der Waals surface area contributed by atoms with Crippen LogP contribution in [-0.2, 0) is 0 Å². The van der Waals surface area contributed by atoms with Crippen LogP contribution in [0.1, 0.15) is 22.6 Å². The minimum Gasteiger partial charge on any atom is -0.261 e. The summed E-state index contributed by atoms with van der Waals surface area (Å²) in [6.45, 7) is 5.58. The number of halogens is 1. The summed E-state index contributed by atoms with van der Waals surface area (Å²) < 4.78 is 16.6. The minimum atomic E-state index is -0.567. The summed E-state index contributed by atoms with van der Waals surface area (Å²) in [4.78, 5) is 22.6. The molecule has 0 aliphatic heterocycles. The van der Waals surface area contributed by atoms with Crippen LogP contribution in [0.5, 0.6) is 0 Å². The molecule has 5 aromatic rings. The molecule has 0 aliphatic carbocycles. The molecule has 0 atom stereocenters. The highest BCUT2D eigenvalue weighted by Gasteiger charge is 2.19. The second-order valence-electron chi connectivity index (χ2n) is 7.60. The van der Waals surface area contributed by atoms with Crippen molar-refractivity contribution in [2.75, 3.05) is 0 Å². The van der Waals surface area contributed by atoms with Gasteiger partial charge in [0.15, 0.2) is 11.5 Å². The van der Waals surface area contributed by atoms with Gasteiger partial charge in [0.2, 0.25) is 0 Å². The maximum absolute atomic E-state index is 14.9. The zero-order valence-electron chi connectivity index (χ0n) is 18.1. The number of hydrogen-bond donors (Lipinski definition) is 0. The van der Waals surface area contributed by atoms with E-state index in [1.165, 1.54) is 12.1 Å². The third kappa shape index (κ3) is 3.68. The van der Waals surface area contributed by atoms with Crippen molar-refractivity contribution in [1.29, 1.82) is 5.26 Å². The van der Waals surface area contributed by atoms with Gasteiger partial charge in [-0.25, -0.2) is 29.0 Å². The van der Waals surface area contributed by atoms with Crippen LogP contribution in [0.3, 0.4) is 0 Å². The smallest absolute Gasteiger partial charge is 0.182 e. The monoisotopic (exact) mass is 436 g/mol. The Bertz CT molecular complexity index is 1580. The summed E-state index contributed by atoms with van der Waals surface area (Å²) in [6.07, 6.45) is 5.15.